The molecule has 0 radical (unpaired) electrons. The Hall–Kier alpha value is -4.06. The molecule has 4 rings (SSSR count). The Labute approximate surface area is 180 Å². The van der Waals surface area contributed by atoms with Crippen LogP contribution >= 0.6 is 0 Å². The van der Waals surface area contributed by atoms with E-state index in [9.17, 15) is 4.79 Å². The van der Waals surface area contributed by atoms with Crippen LogP contribution in [0.2, 0.25) is 0 Å². The van der Waals surface area contributed by atoms with E-state index < -0.39 is 0 Å². The zero-order valence-corrected chi connectivity index (χ0v) is 17.4. The van der Waals surface area contributed by atoms with E-state index >= 15 is 0 Å². The molecule has 6 nitrogen and oxygen atoms in total. The van der Waals surface area contributed by atoms with Gasteiger partial charge in [-0.25, -0.2) is 4.98 Å². The molecule has 4 aromatic rings. The largest absolute Gasteiger partial charge is 0.497 e. The lowest BCUT2D eigenvalue weighted by molar-refractivity contribution is 0.414. The molecule has 0 bridgehead atoms. The molecule has 0 aliphatic carbocycles. The third-order valence-electron chi connectivity index (χ3n) is 4.97. The van der Waals surface area contributed by atoms with Crippen molar-refractivity contribution >= 4 is 22.5 Å². The SMILES string of the molecule is COc1ccc(C/C=C(\N=Nc2nc3ccccc3c(=O)n2C)c2ccccc2)cc1. The number of para-hydroxylation sites is 1. The van der Waals surface area contributed by atoms with Gasteiger partial charge in [0.1, 0.15) is 5.75 Å². The molecule has 154 valence electrons. The minimum absolute atomic E-state index is 0.150. The van der Waals surface area contributed by atoms with Crippen molar-refractivity contribution in [1.82, 2.24) is 9.55 Å². The summed E-state index contributed by atoms with van der Waals surface area (Å²) in [6, 6.07) is 24.9. The van der Waals surface area contributed by atoms with E-state index in [0.717, 1.165) is 16.9 Å². The van der Waals surface area contributed by atoms with E-state index in [1.54, 1.807) is 26.3 Å². The highest BCUT2D eigenvalue weighted by atomic mass is 16.5. The van der Waals surface area contributed by atoms with Gasteiger partial charge in [-0.3, -0.25) is 9.36 Å². The van der Waals surface area contributed by atoms with E-state index in [1.807, 2.05) is 72.8 Å². The molecule has 31 heavy (non-hydrogen) atoms. The van der Waals surface area contributed by atoms with Crippen molar-refractivity contribution in [2.75, 3.05) is 7.11 Å². The Morgan fingerprint density at radius 3 is 2.45 bits per heavy atom. The van der Waals surface area contributed by atoms with Crippen molar-refractivity contribution in [3.63, 3.8) is 0 Å². The van der Waals surface area contributed by atoms with Gasteiger partial charge in [-0.2, -0.15) is 0 Å². The minimum atomic E-state index is -0.150. The number of aromatic nitrogens is 2. The molecule has 3 aromatic carbocycles. The Balaban J connectivity index is 1.69. The van der Waals surface area contributed by atoms with Crippen LogP contribution < -0.4 is 10.3 Å². The molecule has 0 atom stereocenters. The van der Waals surface area contributed by atoms with E-state index in [4.69, 9.17) is 4.74 Å². The lowest BCUT2D eigenvalue weighted by atomic mass is 10.1. The van der Waals surface area contributed by atoms with Gasteiger partial charge in [0.05, 0.1) is 23.7 Å². The number of nitrogens with zero attached hydrogens (tertiary/aromatic N) is 4. The predicted octanol–water partition coefficient (Wildman–Crippen LogP) is 5.31. The molecule has 0 saturated heterocycles. The summed E-state index contributed by atoms with van der Waals surface area (Å²) in [6.07, 6.45) is 2.69. The van der Waals surface area contributed by atoms with Crippen LogP contribution in [0.25, 0.3) is 16.6 Å². The van der Waals surface area contributed by atoms with Crippen molar-refractivity contribution in [2.24, 2.45) is 17.3 Å². The highest BCUT2D eigenvalue weighted by Crippen LogP contribution is 2.21. The van der Waals surface area contributed by atoms with Gasteiger partial charge in [-0.1, -0.05) is 60.7 Å². The lowest BCUT2D eigenvalue weighted by Gasteiger charge is -2.06. The zero-order chi connectivity index (χ0) is 21.6. The van der Waals surface area contributed by atoms with E-state index in [-0.39, 0.29) is 11.5 Å². The van der Waals surface area contributed by atoms with E-state index in [2.05, 4.69) is 15.2 Å². The predicted molar refractivity (Wildman–Crippen MR) is 123 cm³/mol. The molecule has 6 heteroatoms. The normalized spacial score (nSPS) is 11.9. The van der Waals surface area contributed by atoms with Gasteiger partial charge in [-0.05, 0) is 36.2 Å². The molecule has 0 spiro atoms. The second-order valence-corrected chi connectivity index (χ2v) is 7.00. The van der Waals surface area contributed by atoms with Crippen LogP contribution in [0.4, 0.5) is 5.95 Å². The van der Waals surface area contributed by atoms with E-state index in [0.29, 0.717) is 23.0 Å². The Kier molecular flexibility index (Phi) is 5.98. The van der Waals surface area contributed by atoms with Crippen LogP contribution in [0, 0.1) is 0 Å². The summed E-state index contributed by atoms with van der Waals surface area (Å²) in [4.78, 5) is 17.1. The summed E-state index contributed by atoms with van der Waals surface area (Å²) in [5.74, 6) is 1.08. The summed E-state index contributed by atoms with van der Waals surface area (Å²) in [7, 11) is 3.30. The second kappa shape index (κ2) is 9.17. The average Bonchev–Trinajstić information content (AvgIpc) is 2.83. The molecule has 0 amide bonds. The molecule has 0 aliphatic rings. The van der Waals surface area contributed by atoms with Crippen molar-refractivity contribution in [2.45, 2.75) is 6.42 Å². The fourth-order valence-electron chi connectivity index (χ4n) is 3.20. The third-order valence-corrected chi connectivity index (χ3v) is 4.97. The van der Waals surface area contributed by atoms with Gasteiger partial charge in [0.25, 0.3) is 11.5 Å². The molecule has 0 fully saturated rings. The number of hydrogen-bond donors (Lipinski definition) is 0. The minimum Gasteiger partial charge on any atom is -0.497 e. The maximum absolute atomic E-state index is 12.6. The number of benzene rings is 3. The monoisotopic (exact) mass is 410 g/mol. The van der Waals surface area contributed by atoms with Gasteiger partial charge >= 0.3 is 0 Å². The first-order chi connectivity index (χ1) is 15.2. The van der Waals surface area contributed by atoms with Crippen molar-refractivity contribution in [1.29, 1.82) is 0 Å². The van der Waals surface area contributed by atoms with Crippen LogP contribution in [-0.4, -0.2) is 16.7 Å². The summed E-state index contributed by atoms with van der Waals surface area (Å²) in [6.45, 7) is 0. The van der Waals surface area contributed by atoms with Crippen LogP contribution in [-0.2, 0) is 13.5 Å². The molecule has 1 aromatic heterocycles. The van der Waals surface area contributed by atoms with Gasteiger partial charge in [0.15, 0.2) is 0 Å². The highest BCUT2D eigenvalue weighted by molar-refractivity contribution is 5.78. The quantitative estimate of drug-likeness (QED) is 0.405. The molecule has 0 unspecified atom stereocenters. The van der Waals surface area contributed by atoms with Crippen molar-refractivity contribution < 1.29 is 4.74 Å². The number of methoxy groups -OCH3 is 1. The Morgan fingerprint density at radius 1 is 1.00 bits per heavy atom. The maximum atomic E-state index is 12.6. The first-order valence-electron chi connectivity index (χ1n) is 9.92. The van der Waals surface area contributed by atoms with Crippen LogP contribution in [0.1, 0.15) is 11.1 Å². The van der Waals surface area contributed by atoms with Crippen molar-refractivity contribution in [3.05, 3.63) is 106 Å². The molecule has 0 aliphatic heterocycles. The molecular weight excluding hydrogens is 388 g/mol. The number of fused-ring (bicyclic) bond motifs is 1. The fraction of sp³-hybridized carbons (Fsp3) is 0.120. The standard InChI is InChI=1S/C25H22N4O2/c1-29-24(30)21-10-6-7-11-23(21)26-25(29)28-27-22(19-8-4-3-5-9-19)17-14-18-12-15-20(31-2)16-13-18/h3-13,15-17H,14H2,1-2H3/b22-17-,28-27?. The topological polar surface area (TPSA) is 68.8 Å². The van der Waals surface area contributed by atoms with Crippen LogP contribution in [0.15, 0.2) is 100.0 Å². The van der Waals surface area contributed by atoms with Gasteiger partial charge in [0, 0.05) is 12.6 Å². The average molecular weight is 410 g/mol. The van der Waals surface area contributed by atoms with Crippen LogP contribution in [0.3, 0.4) is 0 Å². The first-order valence-corrected chi connectivity index (χ1v) is 9.92. The summed E-state index contributed by atoms with van der Waals surface area (Å²) < 4.78 is 6.63. The van der Waals surface area contributed by atoms with Gasteiger partial charge in [0.2, 0.25) is 0 Å². The summed E-state index contributed by atoms with van der Waals surface area (Å²) in [5.41, 5.74) is 3.22. The Bertz CT molecular complexity index is 1310. The number of rotatable bonds is 6. The molecule has 1 heterocycles. The van der Waals surface area contributed by atoms with Gasteiger partial charge < -0.3 is 4.74 Å². The number of allylic oxidation sites excluding steroid dienone is 1. The second-order valence-electron chi connectivity index (χ2n) is 7.00. The van der Waals surface area contributed by atoms with E-state index in [1.165, 1.54) is 4.57 Å². The zero-order valence-electron chi connectivity index (χ0n) is 17.4. The number of azo groups is 1. The Morgan fingerprint density at radius 2 is 1.71 bits per heavy atom. The highest BCUT2D eigenvalue weighted by Gasteiger charge is 2.08. The van der Waals surface area contributed by atoms with Crippen LogP contribution in [0.5, 0.6) is 5.75 Å². The van der Waals surface area contributed by atoms with Gasteiger partial charge in [-0.15, -0.1) is 10.2 Å². The lowest BCUT2D eigenvalue weighted by Crippen LogP contribution is -2.17. The summed E-state index contributed by atoms with van der Waals surface area (Å²) >= 11 is 0. The first kappa shape index (κ1) is 20.2. The third kappa shape index (κ3) is 4.59. The molecular formula is C25H22N4O2. The smallest absolute Gasteiger partial charge is 0.262 e. The fourth-order valence-corrected chi connectivity index (χ4v) is 3.20. The summed E-state index contributed by atoms with van der Waals surface area (Å²) in [5, 5.41) is 9.34. The maximum Gasteiger partial charge on any atom is 0.262 e. The number of ether oxygens (including phenoxy) is 1. The number of hydrogen-bond acceptors (Lipinski definition) is 5. The molecule has 0 N–H and O–H groups in total. The molecule has 0 saturated carbocycles. The van der Waals surface area contributed by atoms with Crippen molar-refractivity contribution in [3.8, 4) is 5.75 Å².